The standard InChI is InChI=1S/C15H15N3O2/c1-9-4-6-10(7-5-9)12-8-11-13(16-12)17(2)15(20)18(3)14(11)19/h4-8,16H,1-3H3. The van der Waals surface area contributed by atoms with Crippen LogP contribution in [0.4, 0.5) is 0 Å². The van der Waals surface area contributed by atoms with E-state index in [1.165, 1.54) is 17.2 Å². The molecule has 0 bridgehead atoms. The minimum Gasteiger partial charge on any atom is -0.340 e. The van der Waals surface area contributed by atoms with Crippen molar-refractivity contribution in [1.82, 2.24) is 14.1 Å². The van der Waals surface area contributed by atoms with Gasteiger partial charge in [-0.1, -0.05) is 29.8 Å². The lowest BCUT2D eigenvalue weighted by molar-refractivity contribution is 0.710. The first-order chi connectivity index (χ1) is 9.49. The highest BCUT2D eigenvalue weighted by atomic mass is 16.2. The smallest absolute Gasteiger partial charge is 0.332 e. The highest BCUT2D eigenvalue weighted by Gasteiger charge is 2.12. The van der Waals surface area contributed by atoms with Gasteiger partial charge in [0.1, 0.15) is 5.65 Å². The number of H-pyrrole nitrogens is 1. The van der Waals surface area contributed by atoms with Crippen LogP contribution in [0.5, 0.6) is 0 Å². The summed E-state index contributed by atoms with van der Waals surface area (Å²) in [6.45, 7) is 2.02. The van der Waals surface area contributed by atoms with Crippen molar-refractivity contribution in [2.45, 2.75) is 6.92 Å². The molecular formula is C15H15N3O2. The number of hydrogen-bond acceptors (Lipinski definition) is 2. The monoisotopic (exact) mass is 269 g/mol. The first-order valence-corrected chi connectivity index (χ1v) is 6.35. The Morgan fingerprint density at radius 2 is 1.65 bits per heavy atom. The molecule has 3 aromatic rings. The second-order valence-electron chi connectivity index (χ2n) is 5.02. The molecule has 0 saturated heterocycles. The molecule has 0 spiro atoms. The Labute approximate surface area is 115 Å². The number of benzene rings is 1. The second kappa shape index (κ2) is 4.23. The van der Waals surface area contributed by atoms with Crippen molar-refractivity contribution in [2.75, 3.05) is 0 Å². The molecule has 0 unspecified atom stereocenters. The van der Waals surface area contributed by atoms with Crippen molar-refractivity contribution >= 4 is 11.0 Å². The van der Waals surface area contributed by atoms with Gasteiger partial charge >= 0.3 is 5.69 Å². The number of aromatic amines is 1. The number of rotatable bonds is 1. The van der Waals surface area contributed by atoms with Gasteiger partial charge in [0, 0.05) is 19.8 Å². The molecule has 0 fully saturated rings. The third-order valence-electron chi connectivity index (χ3n) is 3.60. The van der Waals surface area contributed by atoms with E-state index < -0.39 is 0 Å². The van der Waals surface area contributed by atoms with Crippen LogP contribution in [0.3, 0.4) is 0 Å². The highest BCUT2D eigenvalue weighted by molar-refractivity contribution is 5.82. The topological polar surface area (TPSA) is 59.8 Å². The minimum absolute atomic E-state index is 0.280. The second-order valence-corrected chi connectivity index (χ2v) is 5.02. The largest absolute Gasteiger partial charge is 0.340 e. The first kappa shape index (κ1) is 12.5. The zero-order chi connectivity index (χ0) is 14.4. The van der Waals surface area contributed by atoms with Crippen molar-refractivity contribution in [2.24, 2.45) is 14.1 Å². The maximum atomic E-state index is 12.1. The van der Waals surface area contributed by atoms with Gasteiger partial charge < -0.3 is 4.98 Å². The molecule has 2 aromatic heterocycles. The molecule has 0 aliphatic heterocycles. The Morgan fingerprint density at radius 3 is 2.30 bits per heavy atom. The van der Waals surface area contributed by atoms with Crippen molar-refractivity contribution in [3.63, 3.8) is 0 Å². The van der Waals surface area contributed by atoms with Crippen LogP contribution in [0.25, 0.3) is 22.3 Å². The fourth-order valence-electron chi connectivity index (χ4n) is 2.35. The third kappa shape index (κ3) is 1.71. The SMILES string of the molecule is Cc1ccc(-c2cc3c(=O)n(C)c(=O)n(C)c3[nH]2)cc1. The summed E-state index contributed by atoms with van der Waals surface area (Å²) in [4.78, 5) is 27.2. The molecule has 0 aliphatic carbocycles. The van der Waals surface area contributed by atoms with Crippen molar-refractivity contribution in [1.29, 1.82) is 0 Å². The molecule has 2 heterocycles. The predicted molar refractivity (Wildman–Crippen MR) is 79.0 cm³/mol. The Balaban J connectivity index is 2.34. The third-order valence-corrected chi connectivity index (χ3v) is 3.60. The molecule has 0 aliphatic rings. The summed E-state index contributed by atoms with van der Waals surface area (Å²) < 4.78 is 2.57. The summed E-state index contributed by atoms with van der Waals surface area (Å²) in [6.07, 6.45) is 0. The fraction of sp³-hybridized carbons (Fsp3) is 0.200. The number of fused-ring (bicyclic) bond motifs is 1. The molecule has 0 saturated carbocycles. The molecule has 0 amide bonds. The molecule has 102 valence electrons. The molecular weight excluding hydrogens is 254 g/mol. The molecule has 0 radical (unpaired) electrons. The predicted octanol–water partition coefficient (Wildman–Crippen LogP) is 1.54. The Morgan fingerprint density at radius 1 is 1.00 bits per heavy atom. The van der Waals surface area contributed by atoms with Crippen LogP contribution in [0.1, 0.15) is 5.56 Å². The lowest BCUT2D eigenvalue weighted by Gasteiger charge is -2.02. The Kier molecular flexibility index (Phi) is 2.64. The minimum atomic E-state index is -0.334. The van der Waals surface area contributed by atoms with E-state index in [0.717, 1.165) is 15.8 Å². The van der Waals surface area contributed by atoms with Crippen LogP contribution in [0, 0.1) is 6.92 Å². The van der Waals surface area contributed by atoms with Gasteiger partial charge in [0.25, 0.3) is 5.56 Å². The van der Waals surface area contributed by atoms with E-state index in [1.54, 1.807) is 13.1 Å². The molecule has 1 N–H and O–H groups in total. The lowest BCUT2D eigenvalue weighted by atomic mass is 10.1. The molecule has 5 nitrogen and oxygen atoms in total. The maximum Gasteiger partial charge on any atom is 0.332 e. The van der Waals surface area contributed by atoms with E-state index in [2.05, 4.69) is 4.98 Å². The summed E-state index contributed by atoms with van der Waals surface area (Å²) in [6, 6.07) is 9.79. The van der Waals surface area contributed by atoms with Crippen LogP contribution in [-0.4, -0.2) is 14.1 Å². The van der Waals surface area contributed by atoms with Gasteiger partial charge in [-0.3, -0.25) is 13.9 Å². The van der Waals surface area contributed by atoms with Gasteiger partial charge in [-0.25, -0.2) is 4.79 Å². The molecule has 1 aromatic carbocycles. The number of hydrogen-bond donors (Lipinski definition) is 1. The summed E-state index contributed by atoms with van der Waals surface area (Å²) in [5.41, 5.74) is 2.93. The lowest BCUT2D eigenvalue weighted by Crippen LogP contribution is -2.36. The summed E-state index contributed by atoms with van der Waals surface area (Å²) >= 11 is 0. The quantitative estimate of drug-likeness (QED) is 0.728. The first-order valence-electron chi connectivity index (χ1n) is 6.35. The fourth-order valence-corrected chi connectivity index (χ4v) is 2.35. The normalized spacial score (nSPS) is 11.2. The number of aromatic nitrogens is 3. The molecule has 5 heteroatoms. The van der Waals surface area contributed by atoms with Gasteiger partial charge in [-0.15, -0.1) is 0 Å². The van der Waals surface area contributed by atoms with Crippen LogP contribution in [0.2, 0.25) is 0 Å². The Hall–Kier alpha value is -2.56. The Bertz CT molecular complexity index is 911. The van der Waals surface area contributed by atoms with Gasteiger partial charge in [-0.2, -0.15) is 0 Å². The molecule has 3 rings (SSSR count). The molecule has 0 atom stereocenters. The van der Waals surface area contributed by atoms with Gasteiger partial charge in [0.05, 0.1) is 5.39 Å². The average molecular weight is 269 g/mol. The highest BCUT2D eigenvalue weighted by Crippen LogP contribution is 2.21. The summed E-state index contributed by atoms with van der Waals surface area (Å²) in [7, 11) is 3.14. The number of nitrogens with zero attached hydrogens (tertiary/aromatic N) is 2. The van der Waals surface area contributed by atoms with E-state index in [9.17, 15) is 9.59 Å². The van der Waals surface area contributed by atoms with Crippen molar-refractivity contribution < 1.29 is 0 Å². The van der Waals surface area contributed by atoms with E-state index in [-0.39, 0.29) is 11.2 Å². The van der Waals surface area contributed by atoms with Crippen LogP contribution < -0.4 is 11.2 Å². The maximum absolute atomic E-state index is 12.1. The van der Waals surface area contributed by atoms with Crippen molar-refractivity contribution in [3.8, 4) is 11.3 Å². The van der Waals surface area contributed by atoms with Crippen LogP contribution >= 0.6 is 0 Å². The van der Waals surface area contributed by atoms with Crippen molar-refractivity contribution in [3.05, 3.63) is 56.7 Å². The van der Waals surface area contributed by atoms with E-state index in [4.69, 9.17) is 0 Å². The number of aryl methyl sites for hydroxylation is 2. The summed E-state index contributed by atoms with van der Waals surface area (Å²) in [5.74, 6) is 0. The molecule has 20 heavy (non-hydrogen) atoms. The zero-order valence-electron chi connectivity index (χ0n) is 11.6. The van der Waals surface area contributed by atoms with E-state index in [1.807, 2.05) is 31.2 Å². The summed E-state index contributed by atoms with van der Waals surface area (Å²) in [5, 5.41) is 0.519. The van der Waals surface area contributed by atoms with E-state index in [0.29, 0.717) is 11.0 Å². The van der Waals surface area contributed by atoms with Crippen LogP contribution in [0.15, 0.2) is 39.9 Å². The number of nitrogens with one attached hydrogen (secondary N) is 1. The zero-order valence-corrected chi connectivity index (χ0v) is 11.6. The van der Waals surface area contributed by atoms with Gasteiger partial charge in [-0.05, 0) is 18.6 Å². The average Bonchev–Trinajstić information content (AvgIpc) is 2.89. The van der Waals surface area contributed by atoms with E-state index >= 15 is 0 Å². The van der Waals surface area contributed by atoms with Crippen LogP contribution in [-0.2, 0) is 14.1 Å². The van der Waals surface area contributed by atoms with Gasteiger partial charge in [0.2, 0.25) is 0 Å². The van der Waals surface area contributed by atoms with Gasteiger partial charge in [0.15, 0.2) is 0 Å².